The molecule has 1 amide bonds. The molecule has 1 fully saturated rings. The first-order valence-electron chi connectivity index (χ1n) is 5.82. The highest BCUT2D eigenvalue weighted by atomic mass is 16.2. The van der Waals surface area contributed by atoms with Crippen LogP contribution in [0.5, 0.6) is 0 Å². The van der Waals surface area contributed by atoms with Crippen LogP contribution in [0.25, 0.3) is 0 Å². The Bertz CT molecular complexity index is 441. The van der Waals surface area contributed by atoms with Gasteiger partial charge in [0.25, 0.3) is 0 Å². The van der Waals surface area contributed by atoms with Crippen LogP contribution in [0.15, 0.2) is 24.3 Å². The number of nitrogens with two attached hydrogens (primary N) is 1. The van der Waals surface area contributed by atoms with Crippen LogP contribution < -0.4 is 11.1 Å². The van der Waals surface area contributed by atoms with Gasteiger partial charge in [0.05, 0.1) is 6.04 Å². The summed E-state index contributed by atoms with van der Waals surface area (Å²) in [6.45, 7) is 1.72. The topological polar surface area (TPSA) is 55.1 Å². The van der Waals surface area contributed by atoms with Gasteiger partial charge in [0.2, 0.25) is 5.91 Å². The molecular weight excluding hydrogens is 200 g/mol. The normalized spacial score (nSPS) is 31.5. The Morgan fingerprint density at radius 3 is 3.00 bits per heavy atom. The van der Waals surface area contributed by atoms with Crippen molar-refractivity contribution in [3.05, 3.63) is 35.4 Å². The molecule has 1 saturated carbocycles. The Morgan fingerprint density at radius 1 is 1.50 bits per heavy atom. The van der Waals surface area contributed by atoms with E-state index in [1.165, 1.54) is 11.1 Å². The SMILES string of the molecule is C[C@H](N)C(=O)NC1C2Cc3ccccc3C21. The van der Waals surface area contributed by atoms with E-state index in [4.69, 9.17) is 5.73 Å². The molecular formula is C13H16N2O. The summed E-state index contributed by atoms with van der Waals surface area (Å²) in [7, 11) is 0. The van der Waals surface area contributed by atoms with Gasteiger partial charge in [0.15, 0.2) is 0 Å². The van der Waals surface area contributed by atoms with Crippen LogP contribution in [-0.2, 0) is 11.2 Å². The summed E-state index contributed by atoms with van der Waals surface area (Å²) >= 11 is 0. The van der Waals surface area contributed by atoms with Crippen molar-refractivity contribution in [1.82, 2.24) is 5.32 Å². The van der Waals surface area contributed by atoms with Crippen LogP contribution in [0.4, 0.5) is 0 Å². The first-order valence-corrected chi connectivity index (χ1v) is 5.82. The minimum atomic E-state index is -0.406. The molecule has 2 aliphatic carbocycles. The van der Waals surface area contributed by atoms with Crippen LogP contribution in [0.2, 0.25) is 0 Å². The maximum atomic E-state index is 11.5. The van der Waals surface area contributed by atoms with Crippen LogP contribution >= 0.6 is 0 Å². The van der Waals surface area contributed by atoms with E-state index in [0.717, 1.165) is 6.42 Å². The van der Waals surface area contributed by atoms with Crippen molar-refractivity contribution in [3.63, 3.8) is 0 Å². The summed E-state index contributed by atoms with van der Waals surface area (Å²) in [6.07, 6.45) is 1.10. The molecule has 84 valence electrons. The Labute approximate surface area is 95.0 Å². The third kappa shape index (κ3) is 1.35. The van der Waals surface area contributed by atoms with Crippen molar-refractivity contribution < 1.29 is 4.79 Å². The van der Waals surface area contributed by atoms with Gasteiger partial charge in [-0.25, -0.2) is 0 Å². The summed E-state index contributed by atoms with van der Waals surface area (Å²) in [5.74, 6) is 1.12. The molecule has 4 atom stereocenters. The zero-order chi connectivity index (χ0) is 11.3. The van der Waals surface area contributed by atoms with E-state index in [1.54, 1.807) is 6.92 Å². The lowest BCUT2D eigenvalue weighted by atomic mass is 10.1. The smallest absolute Gasteiger partial charge is 0.236 e. The average Bonchev–Trinajstić information content (AvgIpc) is 2.79. The van der Waals surface area contributed by atoms with Crippen molar-refractivity contribution in [2.45, 2.75) is 31.3 Å². The van der Waals surface area contributed by atoms with E-state index in [9.17, 15) is 4.79 Å². The molecule has 0 saturated heterocycles. The van der Waals surface area contributed by atoms with Crippen molar-refractivity contribution in [2.75, 3.05) is 0 Å². The second-order valence-corrected chi connectivity index (χ2v) is 4.92. The molecule has 3 rings (SSSR count). The monoisotopic (exact) mass is 216 g/mol. The number of hydrogen-bond acceptors (Lipinski definition) is 2. The van der Waals surface area contributed by atoms with Gasteiger partial charge in [0, 0.05) is 12.0 Å². The fourth-order valence-corrected chi connectivity index (χ4v) is 2.84. The number of hydrogen-bond donors (Lipinski definition) is 2. The van der Waals surface area contributed by atoms with Crippen molar-refractivity contribution in [3.8, 4) is 0 Å². The van der Waals surface area contributed by atoms with E-state index < -0.39 is 6.04 Å². The van der Waals surface area contributed by atoms with Gasteiger partial charge in [0.1, 0.15) is 0 Å². The number of benzene rings is 1. The molecule has 3 N–H and O–H groups in total. The lowest BCUT2D eigenvalue weighted by molar-refractivity contribution is -0.122. The largest absolute Gasteiger partial charge is 0.351 e. The standard InChI is InChI=1S/C13H16N2O/c1-7(14)13(16)15-12-10-6-8-4-2-3-5-9(8)11(10)12/h2-5,7,10-12H,6,14H2,1H3,(H,15,16)/t7-,10?,11?,12?/m0/s1. The first-order chi connectivity index (χ1) is 7.68. The highest BCUT2D eigenvalue weighted by Crippen LogP contribution is 2.56. The van der Waals surface area contributed by atoms with Crippen LogP contribution in [0, 0.1) is 5.92 Å². The average molecular weight is 216 g/mol. The van der Waals surface area contributed by atoms with Crippen LogP contribution in [0.1, 0.15) is 24.0 Å². The molecule has 0 aromatic heterocycles. The van der Waals surface area contributed by atoms with E-state index in [2.05, 4.69) is 29.6 Å². The van der Waals surface area contributed by atoms with E-state index in [1.807, 2.05) is 0 Å². The Hall–Kier alpha value is -1.35. The third-order valence-electron chi connectivity index (χ3n) is 3.76. The lowest BCUT2D eigenvalue weighted by Crippen LogP contribution is -2.40. The minimum Gasteiger partial charge on any atom is -0.351 e. The number of amides is 1. The van der Waals surface area contributed by atoms with E-state index >= 15 is 0 Å². The van der Waals surface area contributed by atoms with Gasteiger partial charge in [-0.3, -0.25) is 4.79 Å². The summed E-state index contributed by atoms with van der Waals surface area (Å²) in [5, 5.41) is 3.03. The molecule has 0 spiro atoms. The number of carbonyl (C=O) groups excluding carboxylic acids is 1. The summed E-state index contributed by atoms with van der Waals surface area (Å²) < 4.78 is 0. The molecule has 0 radical (unpaired) electrons. The van der Waals surface area contributed by atoms with Gasteiger partial charge in [-0.2, -0.15) is 0 Å². The van der Waals surface area contributed by atoms with E-state index in [-0.39, 0.29) is 5.91 Å². The first kappa shape index (κ1) is 9.85. The maximum Gasteiger partial charge on any atom is 0.236 e. The predicted octanol–water partition coefficient (Wildman–Crippen LogP) is 0.788. The predicted molar refractivity (Wildman–Crippen MR) is 62.0 cm³/mol. The molecule has 0 bridgehead atoms. The highest BCUT2D eigenvalue weighted by molar-refractivity contribution is 5.82. The molecule has 3 unspecified atom stereocenters. The summed E-state index contributed by atoms with van der Waals surface area (Å²) in [5.41, 5.74) is 8.41. The van der Waals surface area contributed by atoms with Gasteiger partial charge >= 0.3 is 0 Å². The summed E-state index contributed by atoms with van der Waals surface area (Å²) in [6, 6.07) is 8.44. The Kier molecular flexibility index (Phi) is 2.04. The maximum absolute atomic E-state index is 11.5. The zero-order valence-corrected chi connectivity index (χ0v) is 9.31. The van der Waals surface area contributed by atoms with Crippen molar-refractivity contribution in [2.24, 2.45) is 11.7 Å². The van der Waals surface area contributed by atoms with Crippen molar-refractivity contribution in [1.29, 1.82) is 0 Å². The Balaban J connectivity index is 1.72. The number of nitrogens with one attached hydrogen (secondary N) is 1. The van der Waals surface area contributed by atoms with Crippen LogP contribution in [0.3, 0.4) is 0 Å². The fraction of sp³-hybridized carbons (Fsp3) is 0.462. The van der Waals surface area contributed by atoms with Crippen molar-refractivity contribution >= 4 is 5.91 Å². The highest BCUT2D eigenvalue weighted by Gasteiger charge is 2.56. The second kappa shape index (κ2) is 3.32. The summed E-state index contributed by atoms with van der Waals surface area (Å²) in [4.78, 5) is 11.5. The van der Waals surface area contributed by atoms with Gasteiger partial charge in [-0.15, -0.1) is 0 Å². The number of rotatable bonds is 2. The van der Waals surface area contributed by atoms with E-state index in [0.29, 0.717) is 17.9 Å². The molecule has 3 heteroatoms. The molecule has 1 aromatic carbocycles. The molecule has 0 aliphatic heterocycles. The fourth-order valence-electron chi connectivity index (χ4n) is 2.84. The quantitative estimate of drug-likeness (QED) is 0.768. The lowest BCUT2D eigenvalue weighted by Gasteiger charge is -2.11. The van der Waals surface area contributed by atoms with Gasteiger partial charge in [-0.05, 0) is 30.4 Å². The van der Waals surface area contributed by atoms with Gasteiger partial charge < -0.3 is 11.1 Å². The van der Waals surface area contributed by atoms with Gasteiger partial charge in [-0.1, -0.05) is 24.3 Å². The molecule has 3 nitrogen and oxygen atoms in total. The second-order valence-electron chi connectivity index (χ2n) is 4.92. The minimum absolute atomic E-state index is 0.0307. The zero-order valence-electron chi connectivity index (χ0n) is 9.31. The molecule has 2 aliphatic rings. The van der Waals surface area contributed by atoms with Crippen LogP contribution in [-0.4, -0.2) is 18.0 Å². The number of carbonyl (C=O) groups is 1. The molecule has 16 heavy (non-hydrogen) atoms. The Morgan fingerprint density at radius 2 is 2.25 bits per heavy atom. The third-order valence-corrected chi connectivity index (χ3v) is 3.76. The molecule has 0 heterocycles. The molecule has 1 aromatic rings. The number of fused-ring (bicyclic) bond motifs is 3.